The van der Waals surface area contributed by atoms with Crippen molar-refractivity contribution in [3.63, 3.8) is 0 Å². The summed E-state index contributed by atoms with van der Waals surface area (Å²) in [6.45, 7) is 4.90. The Kier molecular flexibility index (Phi) is 9.05. The molecule has 2 unspecified atom stereocenters. The van der Waals surface area contributed by atoms with E-state index in [0.29, 0.717) is 0 Å². The van der Waals surface area contributed by atoms with Gasteiger partial charge in [0.2, 0.25) is 0 Å². The number of anilines is 2. The third-order valence-electron chi connectivity index (χ3n) is 14.9. The van der Waals surface area contributed by atoms with E-state index in [4.69, 9.17) is 0 Å². The molecule has 1 aliphatic heterocycles. The minimum atomic E-state index is -0.0574. The highest BCUT2D eigenvalue weighted by Gasteiger charge is 2.55. The summed E-state index contributed by atoms with van der Waals surface area (Å²) in [5, 5.41) is 2.45. The number of fused-ring (bicyclic) bond motifs is 8. The Labute approximate surface area is 392 Å². The van der Waals surface area contributed by atoms with Crippen molar-refractivity contribution in [1.82, 2.24) is 4.57 Å². The Bertz CT molecular complexity index is 3530. The predicted octanol–water partition coefficient (Wildman–Crippen LogP) is 17.4. The third-order valence-corrected chi connectivity index (χ3v) is 14.9. The van der Waals surface area contributed by atoms with Crippen molar-refractivity contribution < 1.29 is 0 Å². The van der Waals surface area contributed by atoms with E-state index in [9.17, 15) is 0 Å². The second kappa shape index (κ2) is 15.5. The molecule has 0 radical (unpaired) electrons. The summed E-state index contributed by atoms with van der Waals surface area (Å²) in [6.07, 6.45) is 0. The number of aromatic nitrogens is 1. The molecule has 2 nitrogen and oxygen atoms in total. The van der Waals surface area contributed by atoms with E-state index in [0.717, 1.165) is 5.69 Å². The average molecular weight is 857 g/mol. The maximum atomic E-state index is 2.67. The quantitative estimate of drug-likeness (QED) is 0.155. The molecule has 2 aliphatic rings. The molecule has 0 saturated carbocycles. The van der Waals surface area contributed by atoms with Gasteiger partial charge in [0.05, 0.1) is 28.5 Å². The molecule has 2 heteroatoms. The number of benzene rings is 10. The van der Waals surface area contributed by atoms with Crippen molar-refractivity contribution in [2.24, 2.45) is 0 Å². The van der Waals surface area contributed by atoms with Crippen LogP contribution in [0, 0.1) is 0 Å². The topological polar surface area (TPSA) is 8.17 Å². The first kappa shape index (κ1) is 39.2. The van der Waals surface area contributed by atoms with E-state index in [-0.39, 0.29) is 17.4 Å². The molecule has 67 heavy (non-hydrogen) atoms. The fourth-order valence-electron chi connectivity index (χ4n) is 12.0. The van der Waals surface area contributed by atoms with Gasteiger partial charge in [0.25, 0.3) is 0 Å². The van der Waals surface area contributed by atoms with Gasteiger partial charge in [-0.1, -0.05) is 214 Å². The van der Waals surface area contributed by atoms with Crippen LogP contribution in [0.1, 0.15) is 42.5 Å². The van der Waals surface area contributed by atoms with E-state index in [1.165, 1.54) is 106 Å². The molecule has 0 spiro atoms. The van der Waals surface area contributed by atoms with Gasteiger partial charge in [-0.25, -0.2) is 0 Å². The average Bonchev–Trinajstić information content (AvgIpc) is 4.00. The Balaban J connectivity index is 1.06. The lowest BCUT2D eigenvalue weighted by atomic mass is 9.74. The number of rotatable bonds is 7. The molecule has 11 aromatic rings. The van der Waals surface area contributed by atoms with Crippen LogP contribution in [-0.2, 0) is 5.41 Å². The maximum Gasteiger partial charge on any atom is 0.0672 e. The number of hydrogen-bond donors (Lipinski definition) is 0. The van der Waals surface area contributed by atoms with Crippen LogP contribution in [-0.4, -0.2) is 4.57 Å². The van der Waals surface area contributed by atoms with Crippen LogP contribution in [0.25, 0.3) is 83.1 Å². The molecule has 2 heterocycles. The van der Waals surface area contributed by atoms with Gasteiger partial charge < -0.3 is 9.47 Å². The summed E-state index contributed by atoms with van der Waals surface area (Å²) in [5.41, 5.74) is 22.4. The van der Waals surface area contributed by atoms with Crippen LogP contribution < -0.4 is 4.90 Å². The first-order chi connectivity index (χ1) is 33.0. The summed E-state index contributed by atoms with van der Waals surface area (Å²) in [4.78, 5) is 2.67. The van der Waals surface area contributed by atoms with Crippen LogP contribution in [0.15, 0.2) is 243 Å². The normalized spacial score (nSPS) is 15.7. The summed E-state index contributed by atoms with van der Waals surface area (Å²) in [5.74, 6) is 0.287. The lowest BCUT2D eigenvalue weighted by molar-refractivity contribution is 0.420. The van der Waals surface area contributed by atoms with E-state index < -0.39 is 0 Å². The Morgan fingerprint density at radius 2 is 0.806 bits per heavy atom. The highest BCUT2D eigenvalue weighted by molar-refractivity contribution is 6.13. The molecule has 0 bridgehead atoms. The monoisotopic (exact) mass is 856 g/mol. The molecule has 0 fully saturated rings. The zero-order valence-corrected chi connectivity index (χ0v) is 37.6. The molecule has 1 aromatic heterocycles. The predicted molar refractivity (Wildman–Crippen MR) is 281 cm³/mol. The van der Waals surface area contributed by atoms with Gasteiger partial charge >= 0.3 is 0 Å². The standard InChI is InChI=1S/C65H48N2/c1-65(2)58-35-18-16-32-54(58)64-62(65)55-34-20-33-53(63(55)66(64)47-25-10-5-11-26-47)52-31-17-19-36-59(52)67-60-39-37-45(50-29-14-12-27-48(50)43-21-6-3-7-22-43)41-56(60)57-42-46(38-40-61(57)67)51-30-15-13-28-49(51)44-23-8-4-9-24-44/h3-42,62,64H,1-2H3. The molecule has 318 valence electrons. The second-order valence-electron chi connectivity index (χ2n) is 18.8. The summed E-state index contributed by atoms with van der Waals surface area (Å²) in [6, 6.07) is 90.0. The van der Waals surface area contributed by atoms with Crippen molar-refractivity contribution in [3.05, 3.63) is 259 Å². The van der Waals surface area contributed by atoms with Crippen LogP contribution in [0.3, 0.4) is 0 Å². The Morgan fingerprint density at radius 1 is 0.358 bits per heavy atom. The van der Waals surface area contributed by atoms with Crippen molar-refractivity contribution >= 4 is 33.2 Å². The van der Waals surface area contributed by atoms with E-state index >= 15 is 0 Å². The van der Waals surface area contributed by atoms with Gasteiger partial charge in [0.15, 0.2) is 0 Å². The van der Waals surface area contributed by atoms with E-state index in [1.807, 2.05) is 0 Å². The second-order valence-corrected chi connectivity index (χ2v) is 18.8. The van der Waals surface area contributed by atoms with Crippen molar-refractivity contribution in [3.8, 4) is 61.3 Å². The summed E-state index contributed by atoms with van der Waals surface area (Å²) >= 11 is 0. The molecule has 0 N–H and O–H groups in total. The first-order valence-electron chi connectivity index (χ1n) is 23.6. The van der Waals surface area contributed by atoms with Gasteiger partial charge in [-0.3, -0.25) is 0 Å². The lowest BCUT2D eigenvalue weighted by Crippen LogP contribution is -2.25. The van der Waals surface area contributed by atoms with Crippen molar-refractivity contribution in [1.29, 1.82) is 0 Å². The smallest absolute Gasteiger partial charge is 0.0672 e. The van der Waals surface area contributed by atoms with Gasteiger partial charge in [0, 0.05) is 33.5 Å². The van der Waals surface area contributed by atoms with E-state index in [1.54, 1.807) is 0 Å². The third kappa shape index (κ3) is 6.10. The van der Waals surface area contributed by atoms with Crippen molar-refractivity contribution in [2.45, 2.75) is 31.2 Å². The SMILES string of the molecule is CC1(C)c2ccccc2C2C1c1cccc(-c3ccccc3-n3c4ccc(-c5ccccc5-c5ccccc5)cc4c4cc(-c5ccccc5-c5ccccc5)ccc43)c1N2c1ccccc1. The van der Waals surface area contributed by atoms with Gasteiger partial charge in [-0.15, -0.1) is 0 Å². The highest BCUT2D eigenvalue weighted by Crippen LogP contribution is 2.66. The molecular weight excluding hydrogens is 809 g/mol. The molecular formula is C65H48N2. The minimum absolute atomic E-state index is 0.0574. The van der Waals surface area contributed by atoms with Gasteiger partial charge in [-0.05, 0) is 109 Å². The van der Waals surface area contributed by atoms with Crippen LogP contribution in [0.2, 0.25) is 0 Å². The summed E-state index contributed by atoms with van der Waals surface area (Å²) < 4.78 is 2.53. The van der Waals surface area contributed by atoms with Crippen LogP contribution in [0.5, 0.6) is 0 Å². The van der Waals surface area contributed by atoms with Crippen molar-refractivity contribution in [2.75, 3.05) is 4.90 Å². The molecule has 0 saturated heterocycles. The molecule has 1 aliphatic carbocycles. The minimum Gasteiger partial charge on any atom is -0.332 e. The molecule has 10 aromatic carbocycles. The first-order valence-corrected chi connectivity index (χ1v) is 23.6. The summed E-state index contributed by atoms with van der Waals surface area (Å²) in [7, 11) is 0. The van der Waals surface area contributed by atoms with Gasteiger partial charge in [0.1, 0.15) is 0 Å². The molecule has 13 rings (SSSR count). The number of nitrogens with zero attached hydrogens (tertiary/aromatic N) is 2. The highest BCUT2D eigenvalue weighted by atomic mass is 15.2. The largest absolute Gasteiger partial charge is 0.332 e. The molecule has 2 atom stereocenters. The zero-order valence-electron chi connectivity index (χ0n) is 37.6. The zero-order chi connectivity index (χ0) is 44.6. The maximum absolute atomic E-state index is 2.67. The van der Waals surface area contributed by atoms with Gasteiger partial charge in [-0.2, -0.15) is 0 Å². The Hall–Kier alpha value is -8.20. The Morgan fingerprint density at radius 3 is 1.39 bits per heavy atom. The van der Waals surface area contributed by atoms with Crippen LogP contribution in [0.4, 0.5) is 11.4 Å². The number of hydrogen-bond acceptors (Lipinski definition) is 1. The lowest BCUT2D eigenvalue weighted by Gasteiger charge is -2.30. The molecule has 0 amide bonds. The number of para-hydroxylation sites is 3. The van der Waals surface area contributed by atoms with E-state index in [2.05, 4.69) is 266 Å². The fourth-order valence-corrected chi connectivity index (χ4v) is 12.0. The van der Waals surface area contributed by atoms with Crippen LogP contribution >= 0.6 is 0 Å². The fraction of sp³-hybridized carbons (Fsp3) is 0.0769.